The third kappa shape index (κ3) is 4.84. The van der Waals surface area contributed by atoms with Gasteiger partial charge in [0.25, 0.3) is 0 Å². The van der Waals surface area contributed by atoms with E-state index in [9.17, 15) is 30.0 Å². The molecule has 0 aromatic carbocycles. The van der Waals surface area contributed by atoms with Gasteiger partial charge in [0.15, 0.2) is 35.4 Å². The Labute approximate surface area is 185 Å². The van der Waals surface area contributed by atoms with Gasteiger partial charge in [0.1, 0.15) is 24.4 Å². The average Bonchev–Trinajstić information content (AvgIpc) is 3.27. The fourth-order valence-corrected chi connectivity index (χ4v) is 3.13. The number of carbonyl (C=O) groups is 2. The summed E-state index contributed by atoms with van der Waals surface area (Å²) in [5.74, 6) is -1.33. The van der Waals surface area contributed by atoms with Crippen molar-refractivity contribution in [1.82, 2.24) is 25.0 Å². The smallest absolute Gasteiger partial charge is 0.328 e. The van der Waals surface area contributed by atoms with Gasteiger partial charge in [0.2, 0.25) is 0 Å². The Bertz CT molecular complexity index is 988. The highest BCUT2D eigenvalue weighted by molar-refractivity contribution is 7.79. The fourth-order valence-electron chi connectivity index (χ4n) is 2.98. The molecule has 1 saturated heterocycles. The molecule has 15 nitrogen and oxygen atoms in total. The number of aliphatic carboxylic acids is 1. The van der Waals surface area contributed by atoms with Crippen LogP contribution in [0.15, 0.2) is 6.33 Å². The molecule has 2 aromatic heterocycles. The average molecular weight is 474 g/mol. The number of aromatic nitrogens is 4. The highest BCUT2D eigenvalue weighted by Gasteiger charge is 2.45. The summed E-state index contributed by atoms with van der Waals surface area (Å²) in [6, 6.07) is -2.58. The molecule has 2 unspecified atom stereocenters. The first kappa shape index (κ1) is 23.9. The highest BCUT2D eigenvalue weighted by Crippen LogP contribution is 2.24. The first-order valence-electron chi connectivity index (χ1n) is 9.29. The number of fused-ring (bicyclic) bond motifs is 1. The molecule has 176 valence electrons. The number of hydrogen-bond acceptors (Lipinski definition) is 12. The number of thiol groups is 1. The number of nitrogens with one attached hydrogen (secondary N) is 2. The summed E-state index contributed by atoms with van der Waals surface area (Å²) in [4.78, 5) is 41.5. The summed E-state index contributed by atoms with van der Waals surface area (Å²) in [5.41, 5.74) is 0.0963. The van der Waals surface area contributed by atoms with Crippen LogP contribution >= 0.6 is 12.6 Å². The second kappa shape index (κ2) is 9.80. The van der Waals surface area contributed by atoms with E-state index in [1.165, 1.54) is 6.92 Å². The van der Waals surface area contributed by atoms with E-state index in [2.05, 4.69) is 38.2 Å². The second-order valence-corrected chi connectivity index (χ2v) is 7.17. The quantitative estimate of drug-likeness (QED) is 0.180. The minimum atomic E-state index is -1.59. The number of aliphatic hydroxyl groups excluding tert-OH is 4. The zero-order valence-electron chi connectivity index (χ0n) is 16.6. The van der Waals surface area contributed by atoms with E-state index in [-0.39, 0.29) is 28.6 Å². The summed E-state index contributed by atoms with van der Waals surface area (Å²) in [6.07, 6.45) is -5.56. The van der Waals surface area contributed by atoms with Crippen LogP contribution in [0.5, 0.6) is 0 Å². The molecule has 3 rings (SSSR count). The SMILES string of the molecule is CC(O)C(NC(=O)Nc1nc(CS)nc2ncn(O[C@H]3[C@@H](O)[C@H](O)O[C@@H]3CO)c12)C(=O)O. The molecule has 1 aliphatic heterocycles. The van der Waals surface area contributed by atoms with Gasteiger partial charge < -0.3 is 40.4 Å². The molecule has 2 amide bonds. The molecule has 1 aliphatic rings. The summed E-state index contributed by atoms with van der Waals surface area (Å²) in [7, 11) is 0. The van der Waals surface area contributed by atoms with E-state index in [0.717, 1.165) is 11.1 Å². The third-order valence-electron chi connectivity index (χ3n) is 4.55. The number of urea groups is 1. The van der Waals surface area contributed by atoms with Gasteiger partial charge in [-0.1, -0.05) is 0 Å². The van der Waals surface area contributed by atoms with Gasteiger partial charge in [-0.25, -0.2) is 24.5 Å². The number of rotatable bonds is 8. The van der Waals surface area contributed by atoms with Crippen molar-refractivity contribution in [3.8, 4) is 0 Å². The van der Waals surface area contributed by atoms with E-state index in [1.807, 2.05) is 0 Å². The highest BCUT2D eigenvalue weighted by atomic mass is 32.1. The number of aliphatic hydroxyl groups is 4. The Hall–Kier alpha value is -2.76. The predicted octanol–water partition coefficient (Wildman–Crippen LogP) is -2.92. The van der Waals surface area contributed by atoms with E-state index < -0.39 is 55.4 Å². The molecule has 2 aromatic rings. The molecule has 32 heavy (non-hydrogen) atoms. The number of carboxylic acid groups (broad SMARTS) is 1. The Kier molecular flexibility index (Phi) is 7.32. The first-order valence-corrected chi connectivity index (χ1v) is 9.92. The van der Waals surface area contributed by atoms with Gasteiger partial charge in [-0.2, -0.15) is 17.4 Å². The maximum Gasteiger partial charge on any atom is 0.328 e. The molecule has 6 atom stereocenters. The van der Waals surface area contributed by atoms with Gasteiger partial charge in [-0.05, 0) is 6.92 Å². The van der Waals surface area contributed by atoms with Gasteiger partial charge in [0, 0.05) is 0 Å². The Balaban J connectivity index is 1.93. The number of amides is 2. The molecule has 7 N–H and O–H groups in total. The lowest BCUT2D eigenvalue weighted by atomic mass is 10.1. The van der Waals surface area contributed by atoms with Crippen LogP contribution in [-0.4, -0.2) is 101 Å². The number of anilines is 1. The fraction of sp³-hybridized carbons (Fsp3) is 0.562. The van der Waals surface area contributed by atoms with Gasteiger partial charge in [-0.15, -0.1) is 0 Å². The number of imidazole rings is 1. The lowest BCUT2D eigenvalue weighted by Crippen LogP contribution is -2.49. The van der Waals surface area contributed by atoms with Crippen LogP contribution in [0.4, 0.5) is 10.6 Å². The van der Waals surface area contributed by atoms with Crippen molar-refractivity contribution in [3.05, 3.63) is 12.2 Å². The van der Waals surface area contributed by atoms with Crippen LogP contribution in [0.2, 0.25) is 0 Å². The minimum absolute atomic E-state index is 0.0277. The maximum atomic E-state index is 12.4. The van der Waals surface area contributed by atoms with E-state index in [1.54, 1.807) is 0 Å². The van der Waals surface area contributed by atoms with Crippen molar-refractivity contribution in [2.75, 3.05) is 11.9 Å². The Morgan fingerprint density at radius 3 is 2.69 bits per heavy atom. The maximum absolute atomic E-state index is 12.4. The summed E-state index contributed by atoms with van der Waals surface area (Å²) in [5, 5.41) is 52.3. The second-order valence-electron chi connectivity index (χ2n) is 6.85. The van der Waals surface area contributed by atoms with Crippen LogP contribution in [0.1, 0.15) is 12.7 Å². The van der Waals surface area contributed by atoms with E-state index >= 15 is 0 Å². The molecule has 3 heterocycles. The summed E-state index contributed by atoms with van der Waals surface area (Å²) >= 11 is 4.09. The van der Waals surface area contributed by atoms with Crippen LogP contribution in [0, 0.1) is 0 Å². The van der Waals surface area contributed by atoms with Gasteiger partial charge >= 0.3 is 12.0 Å². The minimum Gasteiger partial charge on any atom is -0.480 e. The standard InChI is InChI=1S/C16H22N6O9S/c1-5(24)8(14(26)27)20-16(29)21-13-9-12(18-7(3-32)19-13)17-4-22(9)31-11-6(2-23)30-15(28)10(11)25/h4-6,8,10-11,15,23-25,28,32H,2-3H2,1H3,(H,26,27)(H2,18,19,20,21,29)/t5?,6-,8?,10-,11-,15-/m1/s1. The molecule has 1 fully saturated rings. The molecular weight excluding hydrogens is 452 g/mol. The number of carbonyl (C=O) groups excluding carboxylic acids is 1. The van der Waals surface area contributed by atoms with Crippen molar-refractivity contribution >= 4 is 41.6 Å². The zero-order chi connectivity index (χ0) is 23.6. The molecule has 0 saturated carbocycles. The largest absolute Gasteiger partial charge is 0.480 e. The number of nitrogens with zero attached hydrogens (tertiary/aromatic N) is 4. The van der Waals surface area contributed by atoms with Crippen molar-refractivity contribution in [3.63, 3.8) is 0 Å². The molecule has 0 spiro atoms. The number of ether oxygens (including phenoxy) is 1. The lowest BCUT2D eigenvalue weighted by molar-refractivity contribution is -0.141. The van der Waals surface area contributed by atoms with E-state index in [0.29, 0.717) is 0 Å². The van der Waals surface area contributed by atoms with Crippen LogP contribution in [-0.2, 0) is 15.3 Å². The normalized spacial score (nSPS) is 24.8. The predicted molar refractivity (Wildman–Crippen MR) is 108 cm³/mol. The molecule has 16 heteroatoms. The van der Waals surface area contributed by atoms with Crippen molar-refractivity contribution in [2.45, 2.75) is 49.4 Å². The topological polar surface area (TPSA) is 221 Å². The molecule has 0 radical (unpaired) electrons. The lowest BCUT2D eigenvalue weighted by Gasteiger charge is -2.21. The first-order chi connectivity index (χ1) is 15.2. The Morgan fingerprint density at radius 2 is 2.09 bits per heavy atom. The van der Waals surface area contributed by atoms with Crippen molar-refractivity contribution in [1.29, 1.82) is 0 Å². The third-order valence-corrected chi connectivity index (χ3v) is 4.83. The van der Waals surface area contributed by atoms with E-state index in [4.69, 9.17) is 14.7 Å². The number of hydrogen-bond donors (Lipinski definition) is 8. The number of carboxylic acids is 1. The van der Waals surface area contributed by atoms with Gasteiger partial charge in [-0.3, -0.25) is 5.32 Å². The van der Waals surface area contributed by atoms with Crippen LogP contribution < -0.4 is 15.5 Å². The zero-order valence-corrected chi connectivity index (χ0v) is 17.5. The summed E-state index contributed by atoms with van der Waals surface area (Å²) < 4.78 is 6.02. The monoisotopic (exact) mass is 474 g/mol. The summed E-state index contributed by atoms with van der Waals surface area (Å²) in [6.45, 7) is 0.639. The van der Waals surface area contributed by atoms with Crippen LogP contribution in [0.3, 0.4) is 0 Å². The molecule has 0 bridgehead atoms. The molecular formula is C16H22N6O9S. The Morgan fingerprint density at radius 1 is 1.38 bits per heavy atom. The van der Waals surface area contributed by atoms with Crippen molar-refractivity contribution in [2.24, 2.45) is 0 Å². The van der Waals surface area contributed by atoms with Crippen molar-refractivity contribution < 1.29 is 44.7 Å². The van der Waals surface area contributed by atoms with Gasteiger partial charge in [0.05, 0.1) is 18.5 Å². The van der Waals surface area contributed by atoms with Crippen LogP contribution in [0.25, 0.3) is 11.2 Å². The molecule has 0 aliphatic carbocycles.